The van der Waals surface area contributed by atoms with E-state index in [9.17, 15) is 9.59 Å². The molecule has 3 aromatic rings. The van der Waals surface area contributed by atoms with Gasteiger partial charge in [-0.2, -0.15) is 0 Å². The second kappa shape index (κ2) is 10.4. The minimum atomic E-state index is -0.405. The maximum absolute atomic E-state index is 13.2. The van der Waals surface area contributed by atoms with E-state index in [0.717, 1.165) is 25.3 Å². The Balaban J connectivity index is 1.87. The van der Waals surface area contributed by atoms with Crippen molar-refractivity contribution in [3.8, 4) is 0 Å². The molecule has 1 N–H and O–H groups in total. The Bertz CT molecular complexity index is 1050. The lowest BCUT2D eigenvalue weighted by atomic mass is 10.2. The number of amides is 1. The van der Waals surface area contributed by atoms with E-state index in [4.69, 9.17) is 4.98 Å². The standard InChI is InChI=1S/C23H28N4O2S/c1-4-26(5-2)15-16-27-22(29)19-13-9-10-14-20(19)25-23(27)30-17(3)21(28)24-18-11-7-6-8-12-18/h6-14,17H,4-5,15-16H2,1-3H3,(H,24,28)/t17-/m1/s1. The molecular weight excluding hydrogens is 396 g/mol. The van der Waals surface area contributed by atoms with Gasteiger partial charge in [0.05, 0.1) is 16.2 Å². The van der Waals surface area contributed by atoms with Crippen LogP contribution >= 0.6 is 11.8 Å². The molecule has 158 valence electrons. The van der Waals surface area contributed by atoms with Gasteiger partial charge >= 0.3 is 0 Å². The summed E-state index contributed by atoms with van der Waals surface area (Å²) in [7, 11) is 0. The first-order valence-corrected chi connectivity index (χ1v) is 11.2. The number of nitrogens with one attached hydrogen (secondary N) is 1. The molecule has 1 atom stereocenters. The van der Waals surface area contributed by atoms with E-state index >= 15 is 0 Å². The van der Waals surface area contributed by atoms with E-state index in [2.05, 4.69) is 24.1 Å². The largest absolute Gasteiger partial charge is 0.325 e. The number of aromatic nitrogens is 2. The number of anilines is 1. The molecule has 0 bridgehead atoms. The van der Waals surface area contributed by atoms with Crippen molar-refractivity contribution in [3.05, 3.63) is 65.0 Å². The van der Waals surface area contributed by atoms with Crippen LogP contribution in [-0.4, -0.2) is 45.2 Å². The Morgan fingerprint density at radius 3 is 2.47 bits per heavy atom. The molecule has 0 aliphatic rings. The summed E-state index contributed by atoms with van der Waals surface area (Å²) in [5.74, 6) is -0.121. The lowest BCUT2D eigenvalue weighted by Gasteiger charge is -2.21. The first-order chi connectivity index (χ1) is 14.5. The number of carbonyl (C=O) groups excluding carboxylic acids is 1. The molecule has 7 heteroatoms. The molecule has 0 saturated heterocycles. The molecule has 1 aromatic heterocycles. The van der Waals surface area contributed by atoms with Crippen LogP contribution in [0, 0.1) is 0 Å². The molecule has 1 amide bonds. The number of thioether (sulfide) groups is 1. The predicted molar refractivity (Wildman–Crippen MR) is 124 cm³/mol. The molecule has 0 saturated carbocycles. The van der Waals surface area contributed by atoms with Gasteiger partial charge < -0.3 is 10.2 Å². The van der Waals surface area contributed by atoms with Gasteiger partial charge in [0, 0.05) is 18.8 Å². The number of carbonyl (C=O) groups is 1. The van der Waals surface area contributed by atoms with Crippen LogP contribution in [0.5, 0.6) is 0 Å². The third kappa shape index (κ3) is 5.29. The average Bonchev–Trinajstić information content (AvgIpc) is 2.76. The summed E-state index contributed by atoms with van der Waals surface area (Å²) < 4.78 is 1.71. The van der Waals surface area contributed by atoms with Crippen molar-refractivity contribution in [2.45, 2.75) is 37.7 Å². The number of fused-ring (bicyclic) bond motifs is 1. The van der Waals surface area contributed by atoms with Gasteiger partial charge in [0.2, 0.25) is 5.91 Å². The quantitative estimate of drug-likeness (QED) is 0.417. The normalized spacial score (nSPS) is 12.3. The Hall–Kier alpha value is -2.64. The van der Waals surface area contributed by atoms with Gasteiger partial charge in [-0.3, -0.25) is 14.2 Å². The van der Waals surface area contributed by atoms with Crippen LogP contribution < -0.4 is 10.9 Å². The minimum absolute atomic E-state index is 0.0640. The van der Waals surface area contributed by atoms with Crippen LogP contribution in [0.3, 0.4) is 0 Å². The zero-order valence-corrected chi connectivity index (χ0v) is 18.5. The average molecular weight is 425 g/mol. The van der Waals surface area contributed by atoms with E-state index in [0.29, 0.717) is 22.6 Å². The first kappa shape index (κ1) is 22.1. The summed E-state index contributed by atoms with van der Waals surface area (Å²) in [6, 6.07) is 16.7. The summed E-state index contributed by atoms with van der Waals surface area (Å²) in [5, 5.41) is 3.68. The molecule has 0 aliphatic heterocycles. The predicted octanol–water partition coefficient (Wildman–Crippen LogP) is 3.86. The van der Waals surface area contributed by atoms with Gasteiger partial charge in [-0.1, -0.05) is 55.9 Å². The molecule has 6 nitrogen and oxygen atoms in total. The molecule has 0 radical (unpaired) electrons. The number of para-hydroxylation sites is 2. The monoisotopic (exact) mass is 424 g/mol. The van der Waals surface area contributed by atoms with Crippen LogP contribution in [0.1, 0.15) is 20.8 Å². The fourth-order valence-corrected chi connectivity index (χ4v) is 4.13. The minimum Gasteiger partial charge on any atom is -0.325 e. The van der Waals surface area contributed by atoms with Crippen LogP contribution in [0.2, 0.25) is 0 Å². The van der Waals surface area contributed by atoms with Crippen molar-refractivity contribution in [1.82, 2.24) is 14.5 Å². The molecule has 2 aromatic carbocycles. The van der Waals surface area contributed by atoms with Crippen LogP contribution in [-0.2, 0) is 11.3 Å². The summed E-state index contributed by atoms with van der Waals surface area (Å²) in [5.41, 5.74) is 1.34. The Labute approximate surface area is 181 Å². The number of hydrogen-bond donors (Lipinski definition) is 1. The molecule has 0 fully saturated rings. The Morgan fingerprint density at radius 1 is 1.10 bits per heavy atom. The molecule has 0 aliphatic carbocycles. The van der Waals surface area contributed by atoms with E-state index in [1.54, 1.807) is 10.6 Å². The number of rotatable bonds is 9. The summed E-state index contributed by atoms with van der Waals surface area (Å²) in [6.45, 7) is 9.18. The van der Waals surface area contributed by atoms with Crippen molar-refractivity contribution in [2.75, 3.05) is 25.0 Å². The fraction of sp³-hybridized carbons (Fsp3) is 0.348. The van der Waals surface area contributed by atoms with Crippen molar-refractivity contribution in [2.24, 2.45) is 0 Å². The van der Waals surface area contributed by atoms with Crippen LogP contribution in [0.25, 0.3) is 10.9 Å². The summed E-state index contributed by atoms with van der Waals surface area (Å²) in [6.07, 6.45) is 0. The highest BCUT2D eigenvalue weighted by Gasteiger charge is 2.20. The second-order valence-corrected chi connectivity index (χ2v) is 8.32. The van der Waals surface area contributed by atoms with Gasteiger partial charge in [0.15, 0.2) is 5.16 Å². The molecule has 3 rings (SSSR count). The fourth-order valence-electron chi connectivity index (χ4n) is 3.19. The summed E-state index contributed by atoms with van der Waals surface area (Å²) >= 11 is 1.31. The molecular formula is C23H28N4O2S. The Morgan fingerprint density at radius 2 is 1.77 bits per heavy atom. The second-order valence-electron chi connectivity index (χ2n) is 7.01. The van der Waals surface area contributed by atoms with E-state index in [-0.39, 0.29) is 11.5 Å². The van der Waals surface area contributed by atoms with E-state index in [1.165, 1.54) is 11.8 Å². The highest BCUT2D eigenvalue weighted by Crippen LogP contribution is 2.23. The van der Waals surface area contributed by atoms with Gasteiger partial charge in [0.25, 0.3) is 5.56 Å². The lowest BCUT2D eigenvalue weighted by molar-refractivity contribution is -0.115. The van der Waals surface area contributed by atoms with Gasteiger partial charge in [-0.25, -0.2) is 4.98 Å². The molecule has 0 unspecified atom stereocenters. The van der Waals surface area contributed by atoms with Gasteiger partial charge in [0.1, 0.15) is 0 Å². The maximum Gasteiger partial charge on any atom is 0.262 e. The van der Waals surface area contributed by atoms with Crippen molar-refractivity contribution >= 4 is 34.3 Å². The van der Waals surface area contributed by atoms with Gasteiger partial charge in [-0.15, -0.1) is 0 Å². The first-order valence-electron chi connectivity index (χ1n) is 10.3. The Kier molecular flexibility index (Phi) is 7.65. The van der Waals surface area contributed by atoms with E-state index < -0.39 is 5.25 Å². The third-order valence-electron chi connectivity index (χ3n) is 5.05. The maximum atomic E-state index is 13.2. The number of likely N-dealkylation sites (N-methyl/N-ethyl adjacent to an activating group) is 1. The zero-order chi connectivity index (χ0) is 21.5. The highest BCUT2D eigenvalue weighted by atomic mass is 32.2. The van der Waals surface area contributed by atoms with Crippen molar-refractivity contribution in [3.63, 3.8) is 0 Å². The van der Waals surface area contributed by atoms with Gasteiger partial charge in [-0.05, 0) is 44.3 Å². The molecule has 30 heavy (non-hydrogen) atoms. The molecule has 1 heterocycles. The lowest BCUT2D eigenvalue weighted by Crippen LogP contribution is -2.33. The highest BCUT2D eigenvalue weighted by molar-refractivity contribution is 8.00. The van der Waals surface area contributed by atoms with Crippen LogP contribution in [0.4, 0.5) is 5.69 Å². The van der Waals surface area contributed by atoms with Crippen molar-refractivity contribution < 1.29 is 4.79 Å². The summed E-state index contributed by atoms with van der Waals surface area (Å²) in [4.78, 5) is 32.8. The zero-order valence-electron chi connectivity index (χ0n) is 17.7. The number of benzene rings is 2. The number of nitrogens with zero attached hydrogens (tertiary/aromatic N) is 3. The SMILES string of the molecule is CCN(CC)CCn1c(S[C@H](C)C(=O)Nc2ccccc2)nc2ccccc2c1=O. The number of hydrogen-bond acceptors (Lipinski definition) is 5. The van der Waals surface area contributed by atoms with E-state index in [1.807, 2.05) is 55.5 Å². The smallest absolute Gasteiger partial charge is 0.262 e. The topological polar surface area (TPSA) is 67.2 Å². The van der Waals surface area contributed by atoms with Crippen molar-refractivity contribution in [1.29, 1.82) is 0 Å². The third-order valence-corrected chi connectivity index (χ3v) is 6.14. The van der Waals surface area contributed by atoms with Crippen LogP contribution in [0.15, 0.2) is 64.5 Å². The molecule has 0 spiro atoms.